The van der Waals surface area contributed by atoms with Crippen molar-refractivity contribution in [3.05, 3.63) is 16.1 Å². The molecule has 4 heteroatoms. The summed E-state index contributed by atoms with van der Waals surface area (Å²) in [5, 5.41) is 3.21. The molecule has 0 unspecified atom stereocenters. The number of rotatable bonds is 1. The molecule has 3 nitrogen and oxygen atoms in total. The molecule has 1 aliphatic rings. The lowest BCUT2D eigenvalue weighted by molar-refractivity contribution is 0.0521. The summed E-state index contributed by atoms with van der Waals surface area (Å²) in [5.74, 6) is 0. The lowest BCUT2D eigenvalue weighted by Crippen LogP contribution is -2.42. The topological polar surface area (TPSA) is 48.1 Å². The lowest BCUT2D eigenvalue weighted by Gasteiger charge is -2.31. The van der Waals surface area contributed by atoms with E-state index < -0.39 is 0 Å². The molecule has 0 atom stereocenters. The molecule has 0 radical (unpaired) electrons. The van der Waals surface area contributed by atoms with Crippen LogP contribution in [-0.2, 0) is 15.7 Å². The Labute approximate surface area is 101 Å². The number of ether oxygens (including phenoxy) is 1. The van der Waals surface area contributed by atoms with Crippen molar-refractivity contribution in [1.82, 2.24) is 4.98 Å². The first-order valence-corrected chi connectivity index (χ1v) is 6.63. The second-order valence-corrected chi connectivity index (χ2v) is 6.41. The summed E-state index contributed by atoms with van der Waals surface area (Å²) in [6.45, 7) is 8.04. The van der Waals surface area contributed by atoms with Gasteiger partial charge in [0, 0.05) is 24.0 Å². The Morgan fingerprint density at radius 3 is 2.50 bits per heavy atom. The molecule has 16 heavy (non-hydrogen) atoms. The Bertz CT molecular complexity index is 361. The van der Waals surface area contributed by atoms with Crippen LogP contribution in [0.5, 0.6) is 0 Å². The number of aromatic nitrogens is 1. The molecule has 2 heterocycles. The van der Waals surface area contributed by atoms with Gasteiger partial charge in [0.1, 0.15) is 5.01 Å². The number of hydrogen-bond donors (Lipinski definition) is 1. The van der Waals surface area contributed by atoms with Gasteiger partial charge in [0.25, 0.3) is 0 Å². The minimum Gasteiger partial charge on any atom is -0.381 e. The molecule has 0 amide bonds. The molecule has 1 saturated heterocycles. The largest absolute Gasteiger partial charge is 0.381 e. The maximum atomic E-state index is 6.40. The SMILES string of the molecule is CC(C)(C)c1csc(C2(N)CCOCC2)n1. The van der Waals surface area contributed by atoms with E-state index in [2.05, 4.69) is 26.2 Å². The first-order chi connectivity index (χ1) is 7.42. The third-order valence-electron chi connectivity index (χ3n) is 3.08. The third-order valence-corrected chi connectivity index (χ3v) is 4.15. The van der Waals surface area contributed by atoms with Crippen LogP contribution in [0.25, 0.3) is 0 Å². The molecule has 90 valence electrons. The summed E-state index contributed by atoms with van der Waals surface area (Å²) in [5.41, 5.74) is 7.40. The summed E-state index contributed by atoms with van der Waals surface area (Å²) in [4.78, 5) is 4.71. The quantitative estimate of drug-likeness (QED) is 0.820. The molecule has 0 aliphatic carbocycles. The standard InChI is InChI=1S/C12H20N2OS/c1-11(2,3)9-8-16-10(14-9)12(13)4-6-15-7-5-12/h8H,4-7,13H2,1-3H3. The van der Waals surface area contributed by atoms with E-state index in [0.29, 0.717) is 0 Å². The van der Waals surface area contributed by atoms with Crippen LogP contribution >= 0.6 is 11.3 Å². The van der Waals surface area contributed by atoms with Crippen molar-refractivity contribution < 1.29 is 4.74 Å². The van der Waals surface area contributed by atoms with Crippen LogP contribution in [0.2, 0.25) is 0 Å². The maximum Gasteiger partial charge on any atom is 0.113 e. The summed E-state index contributed by atoms with van der Waals surface area (Å²) < 4.78 is 5.36. The highest BCUT2D eigenvalue weighted by atomic mass is 32.1. The summed E-state index contributed by atoms with van der Waals surface area (Å²) in [6, 6.07) is 0. The number of hydrogen-bond acceptors (Lipinski definition) is 4. The molecular formula is C12H20N2OS. The highest BCUT2D eigenvalue weighted by Crippen LogP contribution is 2.34. The van der Waals surface area contributed by atoms with E-state index in [4.69, 9.17) is 15.5 Å². The first-order valence-electron chi connectivity index (χ1n) is 5.75. The Kier molecular flexibility index (Phi) is 3.07. The lowest BCUT2D eigenvalue weighted by atomic mass is 9.91. The van der Waals surface area contributed by atoms with Crippen molar-refractivity contribution >= 4 is 11.3 Å². The van der Waals surface area contributed by atoms with E-state index in [9.17, 15) is 0 Å². The van der Waals surface area contributed by atoms with Gasteiger partial charge >= 0.3 is 0 Å². The molecule has 1 aromatic heterocycles. The van der Waals surface area contributed by atoms with E-state index in [-0.39, 0.29) is 11.0 Å². The van der Waals surface area contributed by atoms with Crippen molar-refractivity contribution in [2.45, 2.75) is 44.6 Å². The molecule has 2 rings (SSSR count). The molecule has 1 fully saturated rings. The second-order valence-electron chi connectivity index (χ2n) is 5.56. The van der Waals surface area contributed by atoms with Crippen LogP contribution in [-0.4, -0.2) is 18.2 Å². The predicted octanol–water partition coefficient (Wildman–Crippen LogP) is 2.41. The van der Waals surface area contributed by atoms with Gasteiger partial charge in [-0.3, -0.25) is 0 Å². The van der Waals surface area contributed by atoms with Crippen molar-refractivity contribution in [3.8, 4) is 0 Å². The smallest absolute Gasteiger partial charge is 0.113 e. The number of nitrogens with two attached hydrogens (primary N) is 1. The van der Waals surface area contributed by atoms with E-state index >= 15 is 0 Å². The summed E-state index contributed by atoms with van der Waals surface area (Å²) in [7, 11) is 0. The van der Waals surface area contributed by atoms with E-state index in [1.807, 2.05) is 0 Å². The zero-order valence-corrected chi connectivity index (χ0v) is 11.1. The van der Waals surface area contributed by atoms with Crippen LogP contribution in [0.1, 0.15) is 44.3 Å². The zero-order valence-electron chi connectivity index (χ0n) is 10.2. The van der Waals surface area contributed by atoms with Gasteiger partial charge in [0.15, 0.2) is 0 Å². The van der Waals surface area contributed by atoms with Gasteiger partial charge in [-0.1, -0.05) is 20.8 Å². The fraction of sp³-hybridized carbons (Fsp3) is 0.750. The monoisotopic (exact) mass is 240 g/mol. The van der Waals surface area contributed by atoms with Crippen molar-refractivity contribution in [1.29, 1.82) is 0 Å². The van der Waals surface area contributed by atoms with Gasteiger partial charge in [0.2, 0.25) is 0 Å². The van der Waals surface area contributed by atoms with Crippen molar-refractivity contribution in [2.75, 3.05) is 13.2 Å². The van der Waals surface area contributed by atoms with Gasteiger partial charge in [-0.05, 0) is 12.8 Å². The summed E-state index contributed by atoms with van der Waals surface area (Å²) >= 11 is 1.69. The first kappa shape index (κ1) is 12.0. The molecule has 0 spiro atoms. The van der Waals surface area contributed by atoms with Crippen LogP contribution in [0, 0.1) is 0 Å². The molecule has 1 aliphatic heterocycles. The van der Waals surface area contributed by atoms with Gasteiger partial charge < -0.3 is 10.5 Å². The Hall–Kier alpha value is -0.450. The van der Waals surface area contributed by atoms with Gasteiger partial charge in [-0.2, -0.15) is 0 Å². The van der Waals surface area contributed by atoms with Crippen LogP contribution < -0.4 is 5.73 Å². The van der Waals surface area contributed by atoms with Crippen LogP contribution in [0.3, 0.4) is 0 Å². The third kappa shape index (κ3) is 2.29. The average Bonchev–Trinajstić information content (AvgIpc) is 2.67. The van der Waals surface area contributed by atoms with Gasteiger partial charge in [-0.25, -0.2) is 4.98 Å². The minimum atomic E-state index is -0.258. The van der Waals surface area contributed by atoms with Crippen molar-refractivity contribution in [3.63, 3.8) is 0 Å². The van der Waals surface area contributed by atoms with Gasteiger partial charge in [-0.15, -0.1) is 11.3 Å². The van der Waals surface area contributed by atoms with Gasteiger partial charge in [0.05, 0.1) is 11.2 Å². The highest BCUT2D eigenvalue weighted by molar-refractivity contribution is 7.09. The van der Waals surface area contributed by atoms with E-state index in [1.165, 1.54) is 0 Å². The Balaban J connectivity index is 2.24. The molecule has 0 saturated carbocycles. The van der Waals surface area contributed by atoms with Crippen LogP contribution in [0.15, 0.2) is 5.38 Å². The molecule has 0 bridgehead atoms. The molecule has 2 N–H and O–H groups in total. The van der Waals surface area contributed by atoms with Crippen molar-refractivity contribution in [2.24, 2.45) is 5.73 Å². The molecule has 0 aromatic carbocycles. The molecular weight excluding hydrogens is 220 g/mol. The fourth-order valence-corrected chi connectivity index (χ4v) is 3.02. The fourth-order valence-electron chi connectivity index (χ4n) is 1.80. The maximum absolute atomic E-state index is 6.40. The molecule has 1 aromatic rings. The number of nitrogens with zero attached hydrogens (tertiary/aromatic N) is 1. The minimum absolute atomic E-state index is 0.107. The second kappa shape index (κ2) is 4.09. The summed E-state index contributed by atoms with van der Waals surface area (Å²) in [6.07, 6.45) is 1.76. The average molecular weight is 240 g/mol. The van der Waals surface area contributed by atoms with Crippen LogP contribution in [0.4, 0.5) is 0 Å². The predicted molar refractivity (Wildman–Crippen MR) is 66.7 cm³/mol. The normalized spacial score (nSPS) is 21.0. The van der Waals surface area contributed by atoms with E-state index in [0.717, 1.165) is 36.8 Å². The highest BCUT2D eigenvalue weighted by Gasteiger charge is 2.33. The Morgan fingerprint density at radius 2 is 2.00 bits per heavy atom. The number of thiazole rings is 1. The zero-order chi connectivity index (χ0) is 11.8. The van der Waals surface area contributed by atoms with E-state index in [1.54, 1.807) is 11.3 Å². The Morgan fingerprint density at radius 1 is 1.38 bits per heavy atom.